The van der Waals surface area contributed by atoms with Gasteiger partial charge in [-0.1, -0.05) is 38.0 Å². The lowest BCUT2D eigenvalue weighted by atomic mass is 10.0. The van der Waals surface area contributed by atoms with Gasteiger partial charge in [-0.25, -0.2) is 4.79 Å². The maximum Gasteiger partial charge on any atom is 0.335 e. The Morgan fingerprint density at radius 2 is 2.19 bits per heavy atom. The van der Waals surface area contributed by atoms with Crippen molar-refractivity contribution in [2.75, 3.05) is 0 Å². The van der Waals surface area contributed by atoms with Gasteiger partial charge in [0.15, 0.2) is 0 Å². The molecule has 0 bridgehead atoms. The van der Waals surface area contributed by atoms with Crippen molar-refractivity contribution in [3.63, 3.8) is 0 Å². The highest BCUT2D eigenvalue weighted by atomic mass is 16.4. The zero-order chi connectivity index (χ0) is 12.0. The third kappa shape index (κ3) is 3.54. The van der Waals surface area contributed by atoms with Gasteiger partial charge >= 0.3 is 5.97 Å². The Hall–Kier alpha value is -1.57. The molecule has 0 aromatic heterocycles. The van der Waals surface area contributed by atoms with Gasteiger partial charge in [0, 0.05) is 0 Å². The number of aryl methyl sites for hydroxylation is 1. The van der Waals surface area contributed by atoms with E-state index in [4.69, 9.17) is 5.11 Å². The molecule has 0 spiro atoms. The number of carbonyl (C=O) groups is 1. The molecule has 0 saturated heterocycles. The van der Waals surface area contributed by atoms with Crippen LogP contribution in [0.2, 0.25) is 0 Å². The van der Waals surface area contributed by atoms with E-state index < -0.39 is 5.97 Å². The minimum Gasteiger partial charge on any atom is -0.478 e. The smallest absolute Gasteiger partial charge is 0.335 e. The van der Waals surface area contributed by atoms with E-state index in [0.29, 0.717) is 5.56 Å². The highest BCUT2D eigenvalue weighted by molar-refractivity contribution is 5.88. The van der Waals surface area contributed by atoms with Crippen LogP contribution in [0, 0.1) is 6.92 Å². The molecule has 0 unspecified atom stereocenters. The Balaban J connectivity index is 2.82. The number of hydrogen-bond acceptors (Lipinski definition) is 1. The number of unbranched alkanes of at least 4 members (excludes halogenated alkanes) is 2. The molecule has 16 heavy (non-hydrogen) atoms. The van der Waals surface area contributed by atoms with E-state index in [2.05, 4.69) is 13.0 Å². The van der Waals surface area contributed by atoms with Crippen LogP contribution in [0.25, 0.3) is 6.08 Å². The zero-order valence-electron chi connectivity index (χ0n) is 9.86. The lowest BCUT2D eigenvalue weighted by Gasteiger charge is -2.02. The molecule has 0 heterocycles. The first-order chi connectivity index (χ1) is 7.65. The highest BCUT2D eigenvalue weighted by Crippen LogP contribution is 2.13. The van der Waals surface area contributed by atoms with Crippen molar-refractivity contribution in [3.05, 3.63) is 41.0 Å². The van der Waals surface area contributed by atoms with E-state index in [0.717, 1.165) is 17.5 Å². The van der Waals surface area contributed by atoms with Gasteiger partial charge in [-0.3, -0.25) is 0 Å². The summed E-state index contributed by atoms with van der Waals surface area (Å²) in [4.78, 5) is 10.8. The average Bonchev–Trinajstić information content (AvgIpc) is 2.26. The van der Waals surface area contributed by atoms with Gasteiger partial charge in [0.25, 0.3) is 0 Å². The fraction of sp³-hybridized carbons (Fsp3) is 0.357. The zero-order valence-corrected chi connectivity index (χ0v) is 9.86. The van der Waals surface area contributed by atoms with Crippen molar-refractivity contribution in [1.29, 1.82) is 0 Å². The number of aromatic carboxylic acids is 1. The number of hydrogen-bond donors (Lipinski definition) is 1. The SMILES string of the molecule is CCCCC=Cc1cc(C(=O)O)ccc1C. The van der Waals surface area contributed by atoms with Crippen LogP contribution in [0.4, 0.5) is 0 Å². The summed E-state index contributed by atoms with van der Waals surface area (Å²) in [6, 6.07) is 5.21. The highest BCUT2D eigenvalue weighted by Gasteiger charge is 2.03. The molecule has 0 atom stereocenters. The fourth-order valence-corrected chi connectivity index (χ4v) is 1.49. The van der Waals surface area contributed by atoms with E-state index in [1.165, 1.54) is 12.8 Å². The minimum absolute atomic E-state index is 0.348. The van der Waals surface area contributed by atoms with Crippen LogP contribution in [0.1, 0.15) is 47.7 Å². The van der Waals surface area contributed by atoms with E-state index in [1.807, 2.05) is 19.1 Å². The van der Waals surface area contributed by atoms with Crippen molar-refractivity contribution in [2.45, 2.75) is 33.1 Å². The van der Waals surface area contributed by atoms with Crippen molar-refractivity contribution < 1.29 is 9.90 Å². The second-order valence-electron chi connectivity index (χ2n) is 3.92. The maximum absolute atomic E-state index is 10.8. The molecule has 0 radical (unpaired) electrons. The van der Waals surface area contributed by atoms with Gasteiger partial charge in [0.05, 0.1) is 5.56 Å². The van der Waals surface area contributed by atoms with E-state index >= 15 is 0 Å². The van der Waals surface area contributed by atoms with Gasteiger partial charge < -0.3 is 5.11 Å². The molecule has 0 aliphatic rings. The summed E-state index contributed by atoms with van der Waals surface area (Å²) in [6.07, 6.45) is 7.52. The van der Waals surface area contributed by atoms with Crippen LogP contribution in [-0.4, -0.2) is 11.1 Å². The molecule has 2 nitrogen and oxygen atoms in total. The minimum atomic E-state index is -0.872. The normalized spacial score (nSPS) is 10.9. The summed E-state index contributed by atoms with van der Waals surface area (Å²) < 4.78 is 0. The van der Waals surface area contributed by atoms with Gasteiger partial charge in [-0.15, -0.1) is 0 Å². The van der Waals surface area contributed by atoms with E-state index in [-0.39, 0.29) is 0 Å². The fourth-order valence-electron chi connectivity index (χ4n) is 1.49. The number of benzene rings is 1. The Labute approximate surface area is 96.6 Å². The summed E-state index contributed by atoms with van der Waals surface area (Å²) in [5.74, 6) is -0.872. The number of rotatable bonds is 5. The molecule has 1 N–H and O–H groups in total. The predicted octanol–water partition coefficient (Wildman–Crippen LogP) is 3.90. The number of allylic oxidation sites excluding steroid dienone is 1. The first-order valence-electron chi connectivity index (χ1n) is 5.65. The van der Waals surface area contributed by atoms with E-state index in [9.17, 15) is 4.79 Å². The summed E-state index contributed by atoms with van der Waals surface area (Å²) in [6.45, 7) is 4.15. The summed E-state index contributed by atoms with van der Waals surface area (Å²) in [5.41, 5.74) is 2.45. The van der Waals surface area contributed by atoms with Crippen LogP contribution < -0.4 is 0 Å². The molecule has 0 saturated carbocycles. The molecule has 0 amide bonds. The average molecular weight is 218 g/mol. The summed E-state index contributed by atoms with van der Waals surface area (Å²) >= 11 is 0. The van der Waals surface area contributed by atoms with Gasteiger partial charge in [0.1, 0.15) is 0 Å². The maximum atomic E-state index is 10.8. The molecule has 1 rings (SSSR count). The van der Waals surface area contributed by atoms with Gasteiger partial charge in [0.2, 0.25) is 0 Å². The van der Waals surface area contributed by atoms with Gasteiger partial charge in [-0.2, -0.15) is 0 Å². The van der Waals surface area contributed by atoms with Crippen LogP contribution >= 0.6 is 0 Å². The molecule has 2 heteroatoms. The molecule has 0 fully saturated rings. The van der Waals surface area contributed by atoms with Gasteiger partial charge in [-0.05, 0) is 36.6 Å². The molecule has 1 aromatic rings. The molecular weight excluding hydrogens is 200 g/mol. The lowest BCUT2D eigenvalue weighted by molar-refractivity contribution is 0.0697. The Bertz CT molecular complexity index is 392. The molecular formula is C14H18O2. The summed E-state index contributed by atoms with van der Waals surface area (Å²) in [7, 11) is 0. The first kappa shape index (κ1) is 12.5. The predicted molar refractivity (Wildman–Crippen MR) is 66.7 cm³/mol. The first-order valence-corrected chi connectivity index (χ1v) is 5.65. The van der Waals surface area contributed by atoms with Crippen LogP contribution in [0.5, 0.6) is 0 Å². The standard InChI is InChI=1S/C14H18O2/c1-3-4-5-6-7-12-10-13(14(15)16)9-8-11(12)2/h6-10H,3-5H2,1-2H3,(H,15,16). The van der Waals surface area contributed by atoms with Crippen LogP contribution in [0.15, 0.2) is 24.3 Å². The number of carboxylic acids is 1. The van der Waals surface area contributed by atoms with Crippen molar-refractivity contribution in [3.8, 4) is 0 Å². The van der Waals surface area contributed by atoms with Crippen molar-refractivity contribution in [2.24, 2.45) is 0 Å². The third-order valence-electron chi connectivity index (χ3n) is 2.55. The monoisotopic (exact) mass is 218 g/mol. The van der Waals surface area contributed by atoms with Crippen molar-refractivity contribution >= 4 is 12.0 Å². The summed E-state index contributed by atoms with van der Waals surface area (Å²) in [5, 5.41) is 8.89. The Kier molecular flexibility index (Phi) is 4.77. The Morgan fingerprint density at radius 3 is 2.81 bits per heavy atom. The van der Waals surface area contributed by atoms with E-state index in [1.54, 1.807) is 12.1 Å². The topological polar surface area (TPSA) is 37.3 Å². The molecule has 0 aliphatic carbocycles. The van der Waals surface area contributed by atoms with Crippen LogP contribution in [0.3, 0.4) is 0 Å². The largest absolute Gasteiger partial charge is 0.478 e. The molecule has 0 aliphatic heterocycles. The van der Waals surface area contributed by atoms with Crippen LogP contribution in [-0.2, 0) is 0 Å². The van der Waals surface area contributed by atoms with Crippen molar-refractivity contribution in [1.82, 2.24) is 0 Å². The molecule has 1 aromatic carbocycles. The second kappa shape index (κ2) is 6.11. The third-order valence-corrected chi connectivity index (χ3v) is 2.55. The molecule has 86 valence electrons. The quantitative estimate of drug-likeness (QED) is 0.761. The lowest BCUT2D eigenvalue weighted by Crippen LogP contribution is -1.96. The second-order valence-corrected chi connectivity index (χ2v) is 3.92. The number of carboxylic acid groups (broad SMARTS) is 1. The Morgan fingerprint density at radius 1 is 1.44 bits per heavy atom.